The molecule has 15 nitrogen and oxygen atoms in total. The molecule has 0 aliphatic carbocycles. The molecule has 2 heterocycles. The van der Waals surface area contributed by atoms with Crippen molar-refractivity contribution in [3.63, 3.8) is 0 Å². The van der Waals surface area contributed by atoms with Crippen molar-refractivity contribution >= 4 is 40.8 Å². The van der Waals surface area contributed by atoms with Crippen molar-refractivity contribution in [2.75, 3.05) is 0 Å². The summed E-state index contributed by atoms with van der Waals surface area (Å²) >= 11 is 4.84. The first-order valence-corrected chi connectivity index (χ1v) is 12.1. The van der Waals surface area contributed by atoms with Crippen molar-refractivity contribution in [2.45, 2.75) is 24.4 Å². The standard InChI is InChI=1S/C9H14F2N3O12P3S/c1-3-4(10)2-14(8(30)13-3)7-5(11)6(15)9(12,23-7)24-28(19,20)26-29(21,22)25-27(16,17)18/h2,5-7,15H,1,12H2,(H,13,30)(H,19,20)(H,21,22)(H2,16,17,18)/t5?,6?,7?,9-/m0/s1. The van der Waals surface area contributed by atoms with E-state index in [4.69, 9.17) is 37.4 Å². The molecule has 0 saturated carbocycles. The van der Waals surface area contributed by atoms with E-state index in [1.54, 1.807) is 0 Å². The monoisotopic (exact) mass is 519 g/mol. The van der Waals surface area contributed by atoms with E-state index in [1.165, 1.54) is 0 Å². The number of hydrogen-bond donors (Lipinski definition) is 7. The summed E-state index contributed by atoms with van der Waals surface area (Å²) in [4.78, 5) is 36.1. The van der Waals surface area contributed by atoms with Gasteiger partial charge in [-0.1, -0.05) is 6.58 Å². The third-order valence-corrected chi connectivity index (χ3v) is 7.43. The van der Waals surface area contributed by atoms with E-state index >= 15 is 0 Å². The van der Waals surface area contributed by atoms with Crippen molar-refractivity contribution in [3.8, 4) is 0 Å². The molecule has 2 aliphatic heterocycles. The fourth-order valence-corrected chi connectivity index (χ4v) is 5.60. The molecule has 0 aromatic carbocycles. The van der Waals surface area contributed by atoms with Crippen molar-refractivity contribution < 1.29 is 65.0 Å². The fourth-order valence-electron chi connectivity index (χ4n) is 2.16. The van der Waals surface area contributed by atoms with Crippen LogP contribution < -0.4 is 11.1 Å². The second-order valence-corrected chi connectivity index (χ2v) is 10.3. The molecule has 0 radical (unpaired) electrons. The molecule has 2 aliphatic rings. The van der Waals surface area contributed by atoms with Crippen LogP contribution in [0.15, 0.2) is 24.3 Å². The van der Waals surface area contributed by atoms with Crippen LogP contribution in [-0.4, -0.2) is 59.1 Å². The molecule has 1 saturated heterocycles. The molecule has 1 fully saturated rings. The van der Waals surface area contributed by atoms with Crippen molar-refractivity contribution in [2.24, 2.45) is 5.73 Å². The lowest BCUT2D eigenvalue weighted by Gasteiger charge is -2.33. The normalized spacial score (nSPS) is 34.2. The van der Waals surface area contributed by atoms with E-state index < -0.39 is 53.7 Å². The number of ether oxygens (including phenoxy) is 1. The number of thiocarbonyl (C=S) groups is 1. The number of alkyl halides is 1. The summed E-state index contributed by atoms with van der Waals surface area (Å²) in [6.45, 7) is 3.27. The summed E-state index contributed by atoms with van der Waals surface area (Å²) in [7, 11) is -17.5. The van der Waals surface area contributed by atoms with E-state index in [-0.39, 0.29) is 10.8 Å². The van der Waals surface area contributed by atoms with Gasteiger partial charge in [0.15, 0.2) is 29.4 Å². The van der Waals surface area contributed by atoms with Crippen molar-refractivity contribution in [1.82, 2.24) is 10.2 Å². The number of nitrogens with two attached hydrogens (primary N) is 1. The molecule has 21 heteroatoms. The first-order valence-electron chi connectivity index (χ1n) is 7.15. The molecular formula is C9H14F2N3O12P3S. The van der Waals surface area contributed by atoms with Crippen molar-refractivity contribution in [1.29, 1.82) is 0 Å². The lowest BCUT2D eigenvalue weighted by atomic mass is 10.2. The van der Waals surface area contributed by atoms with Crippen LogP contribution in [0.3, 0.4) is 0 Å². The summed E-state index contributed by atoms with van der Waals surface area (Å²) < 4.78 is 78.0. The molecule has 30 heavy (non-hydrogen) atoms. The number of hydrogen-bond acceptors (Lipinski definition) is 10. The number of allylic oxidation sites excluding steroid dienone is 1. The minimum Gasteiger partial charge on any atom is -0.383 e. The maximum absolute atomic E-state index is 14.5. The van der Waals surface area contributed by atoms with Gasteiger partial charge in [0, 0.05) is 6.20 Å². The minimum absolute atomic E-state index is 0.280. The van der Waals surface area contributed by atoms with Gasteiger partial charge in [0.2, 0.25) is 0 Å². The second-order valence-electron chi connectivity index (χ2n) is 5.59. The Hall–Kier alpha value is -0.680. The Bertz CT molecular complexity index is 930. The average molecular weight is 519 g/mol. The Morgan fingerprint density at radius 2 is 1.83 bits per heavy atom. The Morgan fingerprint density at radius 1 is 1.27 bits per heavy atom. The van der Waals surface area contributed by atoms with Gasteiger partial charge in [0.05, 0.1) is 5.70 Å². The maximum atomic E-state index is 14.5. The summed E-state index contributed by atoms with van der Waals surface area (Å²) in [6, 6.07) is 0. The number of aliphatic hydroxyl groups excluding tert-OH is 1. The van der Waals surface area contributed by atoms with Crippen LogP contribution in [0.4, 0.5) is 8.78 Å². The summed E-state index contributed by atoms with van der Waals surface area (Å²) in [6.07, 6.45) is -6.55. The zero-order valence-corrected chi connectivity index (χ0v) is 17.6. The van der Waals surface area contributed by atoms with E-state index in [1.807, 2.05) is 0 Å². The van der Waals surface area contributed by atoms with E-state index in [0.717, 1.165) is 0 Å². The third kappa shape index (κ3) is 5.97. The highest BCUT2D eigenvalue weighted by Crippen LogP contribution is 2.67. The molecule has 2 rings (SSSR count). The molecule has 0 amide bonds. The van der Waals surface area contributed by atoms with Crippen LogP contribution in [0.1, 0.15) is 0 Å². The van der Waals surface area contributed by atoms with E-state index in [9.17, 15) is 32.5 Å². The molecule has 0 aromatic rings. The SMILES string of the molecule is C=C1NC(=S)N(C2O[C@](N)(OP(=O)(O)OP(=O)(O)OP(=O)(O)O)C(O)C2F)C=C1F. The molecular weight excluding hydrogens is 505 g/mol. The lowest BCUT2D eigenvalue weighted by molar-refractivity contribution is -0.222. The van der Waals surface area contributed by atoms with Gasteiger partial charge in [-0.15, -0.1) is 0 Å². The molecule has 172 valence electrons. The average Bonchev–Trinajstić information content (AvgIpc) is 2.70. The highest BCUT2D eigenvalue weighted by molar-refractivity contribution is 7.80. The largest absolute Gasteiger partial charge is 0.490 e. The van der Waals surface area contributed by atoms with Crippen molar-refractivity contribution in [3.05, 3.63) is 24.3 Å². The number of rotatable bonds is 7. The molecule has 0 spiro atoms. The van der Waals surface area contributed by atoms with Crippen LogP contribution in [0.2, 0.25) is 0 Å². The Balaban J connectivity index is 2.22. The zero-order chi connectivity index (χ0) is 23.3. The van der Waals surface area contributed by atoms with Gasteiger partial charge in [-0.2, -0.15) is 8.62 Å². The first kappa shape index (κ1) is 25.6. The fraction of sp³-hybridized carbons (Fsp3) is 0.444. The van der Waals surface area contributed by atoms with Crippen LogP contribution >= 0.6 is 35.7 Å². The Kier molecular flexibility index (Phi) is 7.12. The Labute approximate surface area is 171 Å². The smallest absolute Gasteiger partial charge is 0.383 e. The topological polar surface area (TPSA) is 231 Å². The highest BCUT2D eigenvalue weighted by Gasteiger charge is 2.60. The van der Waals surface area contributed by atoms with E-state index in [0.29, 0.717) is 11.1 Å². The number of phosphoric acid groups is 3. The van der Waals surface area contributed by atoms with Crippen LogP contribution in [0.25, 0.3) is 0 Å². The predicted molar refractivity (Wildman–Crippen MR) is 93.5 cm³/mol. The Morgan fingerprint density at radius 3 is 2.37 bits per heavy atom. The van der Waals surface area contributed by atoms with Gasteiger partial charge in [0.25, 0.3) is 5.91 Å². The molecule has 0 aromatic heterocycles. The number of nitrogens with zero attached hydrogens (tertiary/aromatic N) is 1. The minimum atomic E-state index is -5.92. The van der Waals surface area contributed by atoms with Gasteiger partial charge in [-0.05, 0) is 12.2 Å². The lowest BCUT2D eigenvalue weighted by Crippen LogP contribution is -2.52. The van der Waals surface area contributed by atoms with Gasteiger partial charge in [-0.25, -0.2) is 27.0 Å². The van der Waals surface area contributed by atoms with Gasteiger partial charge >= 0.3 is 23.5 Å². The summed E-state index contributed by atoms with van der Waals surface area (Å²) in [5.41, 5.74) is 5.11. The predicted octanol–water partition coefficient (Wildman–Crippen LogP) is -0.488. The van der Waals surface area contributed by atoms with Gasteiger partial charge < -0.3 is 34.7 Å². The molecule has 5 unspecified atom stereocenters. The third-order valence-electron chi connectivity index (χ3n) is 3.27. The maximum Gasteiger partial charge on any atom is 0.490 e. The number of halogens is 2. The molecule has 0 bridgehead atoms. The van der Waals surface area contributed by atoms with Crippen LogP contribution in [-0.2, 0) is 31.6 Å². The quantitative estimate of drug-likeness (QED) is 0.128. The zero-order valence-electron chi connectivity index (χ0n) is 14.1. The first-order chi connectivity index (χ1) is 13.4. The summed E-state index contributed by atoms with van der Waals surface area (Å²) in [5.74, 6) is -4.26. The molecule has 8 N–H and O–H groups in total. The van der Waals surface area contributed by atoms with E-state index in [2.05, 4.69) is 25.0 Å². The van der Waals surface area contributed by atoms with Gasteiger partial charge in [-0.3, -0.25) is 10.6 Å². The van der Waals surface area contributed by atoms with Crippen LogP contribution in [0.5, 0.6) is 0 Å². The van der Waals surface area contributed by atoms with Gasteiger partial charge in [0.1, 0.15) is 0 Å². The summed E-state index contributed by atoms with van der Waals surface area (Å²) in [5, 5.41) is 11.8. The number of aliphatic hydroxyl groups is 1. The molecule has 6 atom stereocenters. The number of nitrogens with one attached hydrogen (secondary N) is 1. The number of phosphoric ester groups is 1. The second kappa shape index (κ2) is 8.35. The highest BCUT2D eigenvalue weighted by atomic mass is 32.1. The van der Waals surface area contributed by atoms with Crippen LogP contribution in [0, 0.1) is 0 Å².